The molecule has 1 aromatic rings. The number of anilines is 1. The van der Waals surface area contributed by atoms with Gasteiger partial charge in [-0.25, -0.2) is 4.79 Å². The summed E-state index contributed by atoms with van der Waals surface area (Å²) >= 11 is 0. The largest absolute Gasteiger partial charge is 0.494 e. The summed E-state index contributed by atoms with van der Waals surface area (Å²) in [6.45, 7) is 0.862. The van der Waals surface area contributed by atoms with Gasteiger partial charge in [-0.1, -0.05) is 0 Å². The van der Waals surface area contributed by atoms with Gasteiger partial charge in [0.2, 0.25) is 5.91 Å². The molecule has 0 radical (unpaired) electrons. The Balaban J connectivity index is 1.92. The number of rotatable bonds is 6. The third kappa shape index (κ3) is 3.57. The number of aldehydes is 1. The maximum Gasteiger partial charge on any atom is 0.328 e. The maximum absolute atomic E-state index is 11.7. The lowest BCUT2D eigenvalue weighted by molar-refractivity contribution is -0.120. The number of amides is 3. The van der Waals surface area contributed by atoms with E-state index in [9.17, 15) is 14.4 Å². The molecule has 20 heavy (non-hydrogen) atoms. The van der Waals surface area contributed by atoms with Crippen molar-refractivity contribution in [2.24, 2.45) is 0 Å². The van der Waals surface area contributed by atoms with Crippen LogP contribution in [0.25, 0.3) is 0 Å². The van der Waals surface area contributed by atoms with Gasteiger partial charge in [0.1, 0.15) is 12.0 Å². The molecule has 2 rings (SSSR count). The highest BCUT2D eigenvalue weighted by Crippen LogP contribution is 2.21. The van der Waals surface area contributed by atoms with Crippen molar-refractivity contribution < 1.29 is 19.1 Å². The van der Waals surface area contributed by atoms with E-state index in [1.807, 2.05) is 0 Å². The number of imide groups is 1. The molecule has 1 saturated heterocycles. The van der Waals surface area contributed by atoms with Crippen LogP contribution in [0.2, 0.25) is 0 Å². The monoisotopic (exact) mass is 276 g/mol. The molecule has 0 unspecified atom stereocenters. The zero-order chi connectivity index (χ0) is 14.4. The SMILES string of the molecule is O=CCCCOc1ccc(N2CCC(=O)NC2=O)cc1. The van der Waals surface area contributed by atoms with E-state index in [-0.39, 0.29) is 5.91 Å². The first-order valence-corrected chi connectivity index (χ1v) is 6.48. The van der Waals surface area contributed by atoms with Crippen molar-refractivity contribution >= 4 is 23.9 Å². The van der Waals surface area contributed by atoms with Crippen LogP contribution < -0.4 is 15.0 Å². The molecule has 3 amide bonds. The van der Waals surface area contributed by atoms with Gasteiger partial charge >= 0.3 is 6.03 Å². The first kappa shape index (κ1) is 14.0. The third-order valence-electron chi connectivity index (χ3n) is 2.94. The van der Waals surface area contributed by atoms with Gasteiger partial charge in [0.25, 0.3) is 0 Å². The molecule has 0 atom stereocenters. The second kappa shape index (κ2) is 6.70. The molecule has 0 aliphatic carbocycles. The second-order valence-electron chi connectivity index (χ2n) is 4.41. The Bertz CT molecular complexity index is 498. The van der Waals surface area contributed by atoms with E-state index in [4.69, 9.17) is 4.74 Å². The van der Waals surface area contributed by atoms with Crippen LogP contribution in [-0.4, -0.2) is 31.4 Å². The number of nitrogens with one attached hydrogen (secondary N) is 1. The number of urea groups is 1. The van der Waals surface area contributed by atoms with Gasteiger partial charge in [-0.2, -0.15) is 0 Å². The highest BCUT2D eigenvalue weighted by molar-refractivity contribution is 6.05. The van der Waals surface area contributed by atoms with Crippen molar-refractivity contribution in [1.82, 2.24) is 5.32 Å². The summed E-state index contributed by atoms with van der Waals surface area (Å²) in [5, 5.41) is 2.27. The predicted octanol–water partition coefficient (Wildman–Crippen LogP) is 1.49. The van der Waals surface area contributed by atoms with E-state index in [0.29, 0.717) is 38.2 Å². The van der Waals surface area contributed by atoms with Crippen molar-refractivity contribution in [3.05, 3.63) is 24.3 Å². The van der Waals surface area contributed by atoms with Gasteiger partial charge in [-0.15, -0.1) is 0 Å². The van der Waals surface area contributed by atoms with Crippen LogP contribution in [-0.2, 0) is 9.59 Å². The molecule has 6 heteroatoms. The topological polar surface area (TPSA) is 75.7 Å². The Morgan fingerprint density at radius 1 is 1.25 bits per heavy atom. The predicted molar refractivity (Wildman–Crippen MR) is 72.7 cm³/mol. The molecule has 106 valence electrons. The molecule has 0 saturated carbocycles. The first-order chi connectivity index (χ1) is 9.70. The minimum Gasteiger partial charge on any atom is -0.494 e. The highest BCUT2D eigenvalue weighted by atomic mass is 16.5. The molecule has 6 nitrogen and oxygen atoms in total. The van der Waals surface area contributed by atoms with Gasteiger partial charge in [0.05, 0.1) is 6.61 Å². The summed E-state index contributed by atoms with van der Waals surface area (Å²) in [6, 6.07) is 6.66. The van der Waals surface area contributed by atoms with Gasteiger partial charge in [-0.3, -0.25) is 15.0 Å². The summed E-state index contributed by atoms with van der Waals surface area (Å²) in [4.78, 5) is 34.4. The Labute approximate surface area is 116 Å². The van der Waals surface area contributed by atoms with E-state index in [1.54, 1.807) is 24.3 Å². The van der Waals surface area contributed by atoms with Crippen LogP contribution in [0.3, 0.4) is 0 Å². The number of nitrogens with zero attached hydrogens (tertiary/aromatic N) is 1. The average Bonchev–Trinajstić information content (AvgIpc) is 2.45. The highest BCUT2D eigenvalue weighted by Gasteiger charge is 2.23. The number of hydrogen-bond donors (Lipinski definition) is 1. The van der Waals surface area contributed by atoms with E-state index in [2.05, 4.69) is 5.32 Å². The average molecular weight is 276 g/mol. The van der Waals surface area contributed by atoms with E-state index in [0.717, 1.165) is 12.0 Å². The number of carbonyl (C=O) groups is 3. The van der Waals surface area contributed by atoms with Crippen molar-refractivity contribution in [1.29, 1.82) is 0 Å². The van der Waals surface area contributed by atoms with Gasteiger partial charge in [0, 0.05) is 25.1 Å². The van der Waals surface area contributed by atoms with Crippen LogP contribution in [0.1, 0.15) is 19.3 Å². The van der Waals surface area contributed by atoms with Gasteiger partial charge in [0.15, 0.2) is 0 Å². The van der Waals surface area contributed by atoms with E-state index in [1.165, 1.54) is 4.90 Å². The summed E-state index contributed by atoms with van der Waals surface area (Å²) in [6.07, 6.45) is 2.33. The molecule has 1 aliphatic rings. The van der Waals surface area contributed by atoms with Crippen LogP contribution in [0.5, 0.6) is 5.75 Å². The van der Waals surface area contributed by atoms with Crippen molar-refractivity contribution in [3.8, 4) is 5.75 Å². The second-order valence-corrected chi connectivity index (χ2v) is 4.41. The fourth-order valence-electron chi connectivity index (χ4n) is 1.89. The summed E-state index contributed by atoms with van der Waals surface area (Å²) < 4.78 is 5.46. The molecule has 1 heterocycles. The fourth-order valence-corrected chi connectivity index (χ4v) is 1.89. The van der Waals surface area contributed by atoms with Crippen LogP contribution >= 0.6 is 0 Å². The van der Waals surface area contributed by atoms with Crippen molar-refractivity contribution in [3.63, 3.8) is 0 Å². The number of benzene rings is 1. The zero-order valence-electron chi connectivity index (χ0n) is 11.0. The molecule has 0 spiro atoms. The molecule has 1 fully saturated rings. The number of hydrogen-bond acceptors (Lipinski definition) is 4. The van der Waals surface area contributed by atoms with E-state index >= 15 is 0 Å². The molecular weight excluding hydrogens is 260 g/mol. The summed E-state index contributed by atoms with van der Waals surface area (Å²) in [5.41, 5.74) is 0.718. The number of carbonyl (C=O) groups excluding carboxylic acids is 3. The standard InChI is InChI=1S/C14H16N2O4/c17-9-1-2-10-20-12-5-3-11(4-6-12)16-8-7-13(18)15-14(16)19/h3-6,9H,1-2,7-8,10H2,(H,15,18,19). The molecule has 1 aliphatic heterocycles. The Hall–Kier alpha value is -2.37. The smallest absolute Gasteiger partial charge is 0.328 e. The molecule has 1 aromatic carbocycles. The molecule has 1 N–H and O–H groups in total. The quantitative estimate of drug-likeness (QED) is 0.631. The minimum atomic E-state index is -0.402. The molecule has 0 bridgehead atoms. The lowest BCUT2D eigenvalue weighted by Crippen LogP contribution is -2.49. The zero-order valence-corrected chi connectivity index (χ0v) is 11.0. The maximum atomic E-state index is 11.7. The molecular formula is C14H16N2O4. The van der Waals surface area contributed by atoms with Gasteiger partial charge < -0.3 is 9.53 Å². The normalized spacial score (nSPS) is 14.9. The molecule has 0 aromatic heterocycles. The third-order valence-corrected chi connectivity index (χ3v) is 2.94. The Morgan fingerprint density at radius 3 is 2.65 bits per heavy atom. The van der Waals surface area contributed by atoms with Crippen molar-refractivity contribution in [2.45, 2.75) is 19.3 Å². The summed E-state index contributed by atoms with van der Waals surface area (Å²) in [5.74, 6) is 0.439. The Kier molecular flexibility index (Phi) is 4.70. The first-order valence-electron chi connectivity index (χ1n) is 6.48. The fraction of sp³-hybridized carbons (Fsp3) is 0.357. The van der Waals surface area contributed by atoms with Crippen molar-refractivity contribution in [2.75, 3.05) is 18.1 Å². The lowest BCUT2D eigenvalue weighted by Gasteiger charge is -2.26. The lowest BCUT2D eigenvalue weighted by atomic mass is 10.2. The Morgan fingerprint density at radius 2 is 2.00 bits per heavy atom. The number of ether oxygens (including phenoxy) is 1. The van der Waals surface area contributed by atoms with Crippen LogP contribution in [0.15, 0.2) is 24.3 Å². The minimum absolute atomic E-state index is 0.249. The van der Waals surface area contributed by atoms with Gasteiger partial charge in [-0.05, 0) is 30.7 Å². The van der Waals surface area contributed by atoms with Crippen LogP contribution in [0, 0.1) is 0 Å². The summed E-state index contributed by atoms with van der Waals surface area (Å²) in [7, 11) is 0. The number of unbranched alkanes of at least 4 members (excludes halogenated alkanes) is 1. The van der Waals surface area contributed by atoms with E-state index < -0.39 is 6.03 Å². The van der Waals surface area contributed by atoms with Crippen LogP contribution in [0.4, 0.5) is 10.5 Å².